The molecule has 106 valence electrons. The average Bonchev–Trinajstić information content (AvgIpc) is 2.48. The lowest BCUT2D eigenvalue weighted by molar-refractivity contribution is 0.378. The third kappa shape index (κ3) is 3.27. The maximum Gasteiger partial charge on any atom is 0.169 e. The predicted molar refractivity (Wildman–Crippen MR) is 79.3 cm³/mol. The quantitative estimate of drug-likeness (QED) is 0.905. The summed E-state index contributed by atoms with van der Waals surface area (Å²) in [6.07, 6.45) is 2.63. The molecule has 0 spiro atoms. The highest BCUT2D eigenvalue weighted by atomic mass is 16.5. The van der Waals surface area contributed by atoms with E-state index in [0.29, 0.717) is 11.5 Å². The number of aryl methyl sites for hydroxylation is 1. The predicted octanol–water partition coefficient (Wildman–Crippen LogP) is 3.46. The minimum absolute atomic E-state index is 0.0811. The van der Waals surface area contributed by atoms with Crippen LogP contribution in [0, 0.1) is 0 Å². The second kappa shape index (κ2) is 6.39. The number of nitrogens with two attached hydrogens (primary N) is 1. The van der Waals surface area contributed by atoms with Crippen molar-refractivity contribution in [3.8, 4) is 17.2 Å². The van der Waals surface area contributed by atoms with Crippen LogP contribution in [0.15, 0.2) is 36.5 Å². The van der Waals surface area contributed by atoms with Gasteiger partial charge in [0.2, 0.25) is 0 Å². The molecule has 0 saturated carbocycles. The summed E-state index contributed by atoms with van der Waals surface area (Å²) in [6, 6.07) is 9.58. The monoisotopic (exact) mass is 272 g/mol. The standard InChI is InChI=1S/C16H20N2O2/c1-4-12-5-8-15(16(9-12)19-3)20-13-6-7-14(11(2)17)18-10-13/h5-11H,4,17H2,1-3H3/t11-/m0/s1. The van der Waals surface area contributed by atoms with E-state index in [0.717, 1.165) is 17.9 Å². The molecular weight excluding hydrogens is 252 g/mol. The minimum Gasteiger partial charge on any atom is -0.493 e. The van der Waals surface area contributed by atoms with Crippen molar-refractivity contribution in [3.63, 3.8) is 0 Å². The number of benzene rings is 1. The highest BCUT2D eigenvalue weighted by molar-refractivity contribution is 5.45. The van der Waals surface area contributed by atoms with E-state index in [-0.39, 0.29) is 6.04 Å². The maximum absolute atomic E-state index is 5.81. The lowest BCUT2D eigenvalue weighted by atomic mass is 10.1. The first kappa shape index (κ1) is 14.3. The molecule has 0 bridgehead atoms. The first-order chi connectivity index (χ1) is 9.63. The van der Waals surface area contributed by atoms with E-state index in [1.807, 2.05) is 37.3 Å². The van der Waals surface area contributed by atoms with Gasteiger partial charge in [-0.25, -0.2) is 0 Å². The topological polar surface area (TPSA) is 57.4 Å². The summed E-state index contributed by atoms with van der Waals surface area (Å²) in [4.78, 5) is 4.27. The van der Waals surface area contributed by atoms with E-state index in [1.165, 1.54) is 5.56 Å². The van der Waals surface area contributed by atoms with Crippen LogP contribution in [-0.2, 0) is 6.42 Å². The summed E-state index contributed by atoms with van der Waals surface area (Å²) in [5.74, 6) is 2.07. The average molecular weight is 272 g/mol. The molecule has 0 amide bonds. The van der Waals surface area contributed by atoms with Gasteiger partial charge in [-0.15, -0.1) is 0 Å². The summed E-state index contributed by atoms with van der Waals surface area (Å²) >= 11 is 0. The number of pyridine rings is 1. The Balaban J connectivity index is 2.20. The Labute approximate surface area is 119 Å². The first-order valence-electron chi connectivity index (χ1n) is 6.70. The zero-order valence-corrected chi connectivity index (χ0v) is 12.1. The number of hydrogen-bond acceptors (Lipinski definition) is 4. The van der Waals surface area contributed by atoms with Crippen LogP contribution in [0.3, 0.4) is 0 Å². The Morgan fingerprint density at radius 1 is 1.20 bits per heavy atom. The van der Waals surface area contributed by atoms with E-state index >= 15 is 0 Å². The smallest absolute Gasteiger partial charge is 0.169 e. The molecule has 20 heavy (non-hydrogen) atoms. The highest BCUT2D eigenvalue weighted by Crippen LogP contribution is 2.32. The summed E-state index contributed by atoms with van der Waals surface area (Å²) in [5.41, 5.74) is 7.82. The van der Waals surface area contributed by atoms with E-state index in [2.05, 4.69) is 11.9 Å². The van der Waals surface area contributed by atoms with Crippen molar-refractivity contribution in [1.29, 1.82) is 0 Å². The molecule has 0 radical (unpaired) electrons. The third-order valence-electron chi connectivity index (χ3n) is 3.09. The van der Waals surface area contributed by atoms with Crippen molar-refractivity contribution in [2.45, 2.75) is 26.3 Å². The fourth-order valence-electron chi connectivity index (χ4n) is 1.86. The van der Waals surface area contributed by atoms with Gasteiger partial charge in [0.15, 0.2) is 11.5 Å². The van der Waals surface area contributed by atoms with Gasteiger partial charge in [-0.1, -0.05) is 13.0 Å². The van der Waals surface area contributed by atoms with E-state index in [1.54, 1.807) is 13.3 Å². The molecule has 2 aromatic rings. The van der Waals surface area contributed by atoms with Crippen molar-refractivity contribution in [2.24, 2.45) is 5.73 Å². The molecule has 0 aliphatic carbocycles. The van der Waals surface area contributed by atoms with E-state index in [9.17, 15) is 0 Å². The fraction of sp³-hybridized carbons (Fsp3) is 0.312. The molecule has 2 N–H and O–H groups in total. The van der Waals surface area contributed by atoms with Crippen LogP contribution >= 0.6 is 0 Å². The van der Waals surface area contributed by atoms with Gasteiger partial charge < -0.3 is 15.2 Å². The third-order valence-corrected chi connectivity index (χ3v) is 3.09. The van der Waals surface area contributed by atoms with Gasteiger partial charge in [0.1, 0.15) is 5.75 Å². The molecule has 1 atom stereocenters. The number of nitrogens with zero attached hydrogens (tertiary/aromatic N) is 1. The summed E-state index contributed by atoms with van der Waals surface area (Å²) in [7, 11) is 1.64. The van der Waals surface area contributed by atoms with Gasteiger partial charge in [-0.3, -0.25) is 4.98 Å². The van der Waals surface area contributed by atoms with Crippen LogP contribution in [0.5, 0.6) is 17.2 Å². The molecule has 1 aromatic heterocycles. The van der Waals surface area contributed by atoms with Gasteiger partial charge in [0, 0.05) is 6.04 Å². The van der Waals surface area contributed by atoms with Gasteiger partial charge in [-0.05, 0) is 43.2 Å². The zero-order valence-electron chi connectivity index (χ0n) is 12.1. The van der Waals surface area contributed by atoms with Crippen molar-refractivity contribution < 1.29 is 9.47 Å². The number of hydrogen-bond donors (Lipinski definition) is 1. The minimum atomic E-state index is -0.0811. The molecule has 0 aliphatic heterocycles. The van der Waals surface area contributed by atoms with Crippen LogP contribution in [0.25, 0.3) is 0 Å². The Bertz CT molecular complexity index is 565. The molecule has 0 unspecified atom stereocenters. The van der Waals surface area contributed by atoms with Gasteiger partial charge >= 0.3 is 0 Å². The molecule has 4 heteroatoms. The molecule has 4 nitrogen and oxygen atoms in total. The van der Waals surface area contributed by atoms with Crippen molar-refractivity contribution in [2.75, 3.05) is 7.11 Å². The molecule has 0 saturated heterocycles. The van der Waals surface area contributed by atoms with Crippen LogP contribution in [0.2, 0.25) is 0 Å². The summed E-state index contributed by atoms with van der Waals surface area (Å²) < 4.78 is 11.2. The van der Waals surface area contributed by atoms with Crippen molar-refractivity contribution >= 4 is 0 Å². The highest BCUT2D eigenvalue weighted by Gasteiger charge is 2.07. The van der Waals surface area contributed by atoms with Crippen LogP contribution in [0.4, 0.5) is 0 Å². The largest absolute Gasteiger partial charge is 0.493 e. The molecule has 2 rings (SSSR count). The molecule has 1 heterocycles. The lowest BCUT2D eigenvalue weighted by Gasteiger charge is -2.12. The van der Waals surface area contributed by atoms with Gasteiger partial charge in [0.05, 0.1) is 19.0 Å². The number of aromatic nitrogens is 1. The molecular formula is C16H20N2O2. The Morgan fingerprint density at radius 2 is 2.00 bits per heavy atom. The second-order valence-corrected chi connectivity index (χ2v) is 4.65. The number of rotatable bonds is 5. The van der Waals surface area contributed by atoms with E-state index in [4.69, 9.17) is 15.2 Å². The zero-order chi connectivity index (χ0) is 14.5. The van der Waals surface area contributed by atoms with Crippen LogP contribution in [0.1, 0.15) is 31.1 Å². The SMILES string of the molecule is CCc1ccc(Oc2ccc([C@H](C)N)nc2)c(OC)c1. The summed E-state index contributed by atoms with van der Waals surface area (Å²) in [6.45, 7) is 4.00. The normalized spacial score (nSPS) is 12.0. The first-order valence-corrected chi connectivity index (χ1v) is 6.70. The Kier molecular flexibility index (Phi) is 4.58. The Hall–Kier alpha value is -2.07. The maximum atomic E-state index is 5.81. The van der Waals surface area contributed by atoms with E-state index < -0.39 is 0 Å². The van der Waals surface area contributed by atoms with Gasteiger partial charge in [-0.2, -0.15) is 0 Å². The Morgan fingerprint density at radius 3 is 2.55 bits per heavy atom. The van der Waals surface area contributed by atoms with Gasteiger partial charge in [0.25, 0.3) is 0 Å². The summed E-state index contributed by atoms with van der Waals surface area (Å²) in [5, 5.41) is 0. The van der Waals surface area contributed by atoms with Crippen LogP contribution in [-0.4, -0.2) is 12.1 Å². The fourth-order valence-corrected chi connectivity index (χ4v) is 1.86. The van der Waals surface area contributed by atoms with Crippen LogP contribution < -0.4 is 15.2 Å². The lowest BCUT2D eigenvalue weighted by Crippen LogP contribution is -2.06. The molecule has 0 fully saturated rings. The number of methoxy groups -OCH3 is 1. The molecule has 1 aromatic carbocycles. The van der Waals surface area contributed by atoms with Crippen molar-refractivity contribution in [1.82, 2.24) is 4.98 Å². The molecule has 0 aliphatic rings. The second-order valence-electron chi connectivity index (χ2n) is 4.65. The number of ether oxygens (including phenoxy) is 2. The van der Waals surface area contributed by atoms with Crippen molar-refractivity contribution in [3.05, 3.63) is 47.8 Å².